The Labute approximate surface area is 104 Å². The van der Waals surface area contributed by atoms with Crippen LogP contribution in [0.3, 0.4) is 0 Å². The molecule has 0 saturated carbocycles. The highest BCUT2D eigenvalue weighted by molar-refractivity contribution is 9.13. The minimum Gasteiger partial charge on any atom is -0.481 e. The number of hydrogen-bond acceptors (Lipinski definition) is 3. The number of carboxylic acids is 1. The van der Waals surface area contributed by atoms with Crippen LogP contribution in [0.15, 0.2) is 19.6 Å². The first kappa shape index (κ1) is 12.7. The summed E-state index contributed by atoms with van der Waals surface area (Å²) >= 11 is 6.42. The Morgan fingerprint density at radius 2 is 2.13 bits per heavy atom. The maximum Gasteiger partial charge on any atom is 0.311 e. The van der Waals surface area contributed by atoms with Gasteiger partial charge in [0.15, 0.2) is 4.67 Å². The van der Waals surface area contributed by atoms with E-state index < -0.39 is 17.4 Å². The van der Waals surface area contributed by atoms with Crippen molar-refractivity contribution in [3.8, 4) is 0 Å². The van der Waals surface area contributed by atoms with Crippen molar-refractivity contribution in [3.63, 3.8) is 0 Å². The monoisotopic (exact) mass is 339 g/mol. The number of halogens is 2. The van der Waals surface area contributed by atoms with Gasteiger partial charge in [0.25, 0.3) is 0 Å². The molecule has 0 aliphatic heterocycles. The third-order valence-corrected chi connectivity index (χ3v) is 4.01. The molecule has 0 aromatic carbocycles. The number of aliphatic carboxylic acids is 1. The fraction of sp³-hybridized carbons (Fsp3) is 0.444. The van der Waals surface area contributed by atoms with E-state index in [4.69, 9.17) is 15.3 Å². The highest BCUT2D eigenvalue weighted by Crippen LogP contribution is 2.36. The predicted octanol–water partition coefficient (Wildman–Crippen LogP) is 2.92. The molecule has 0 spiro atoms. The number of carbonyl (C=O) groups is 1. The first-order valence-corrected chi connectivity index (χ1v) is 5.79. The van der Waals surface area contributed by atoms with E-state index in [2.05, 4.69) is 31.9 Å². The van der Waals surface area contributed by atoms with Gasteiger partial charge in [-0.15, -0.1) is 0 Å². The molecule has 3 N–H and O–H groups in total. The molecular formula is C9H11Br2NO3. The fourth-order valence-electron chi connectivity index (χ4n) is 1.01. The Morgan fingerprint density at radius 1 is 1.60 bits per heavy atom. The molecule has 4 nitrogen and oxygen atoms in total. The van der Waals surface area contributed by atoms with Gasteiger partial charge in [0.05, 0.1) is 15.9 Å². The van der Waals surface area contributed by atoms with Crippen LogP contribution in [0.5, 0.6) is 0 Å². The van der Waals surface area contributed by atoms with Crippen LogP contribution < -0.4 is 5.73 Å². The third-order valence-electron chi connectivity index (χ3n) is 2.30. The van der Waals surface area contributed by atoms with Crippen molar-refractivity contribution in [2.75, 3.05) is 0 Å². The lowest BCUT2D eigenvalue weighted by molar-refractivity contribution is -0.148. The summed E-state index contributed by atoms with van der Waals surface area (Å²) in [6, 6.07) is 0.969. The third kappa shape index (κ3) is 2.43. The Hall–Kier alpha value is -0.330. The summed E-state index contributed by atoms with van der Waals surface area (Å²) in [6.07, 6.45) is 0. The first-order chi connectivity index (χ1) is 6.76. The van der Waals surface area contributed by atoms with Crippen LogP contribution in [0.4, 0.5) is 0 Å². The molecule has 0 fully saturated rings. The average Bonchev–Trinajstić information content (AvgIpc) is 2.45. The van der Waals surface area contributed by atoms with Crippen LogP contribution in [0.2, 0.25) is 0 Å². The summed E-state index contributed by atoms with van der Waals surface area (Å²) in [4.78, 5) is 11.0. The number of carboxylic acid groups (broad SMARTS) is 1. The molecule has 1 rings (SSSR count). The van der Waals surface area contributed by atoms with Gasteiger partial charge in [-0.2, -0.15) is 0 Å². The minimum atomic E-state index is -1.07. The zero-order valence-corrected chi connectivity index (χ0v) is 11.4. The normalized spacial score (nSPS) is 13.9. The van der Waals surface area contributed by atoms with E-state index in [0.717, 1.165) is 0 Å². The van der Waals surface area contributed by atoms with Gasteiger partial charge in [-0.05, 0) is 51.8 Å². The summed E-state index contributed by atoms with van der Waals surface area (Å²) in [5, 5.41) is 9.00. The molecule has 84 valence electrons. The van der Waals surface area contributed by atoms with Gasteiger partial charge in [0.1, 0.15) is 5.76 Å². The lowest BCUT2D eigenvalue weighted by Crippen LogP contribution is -2.36. The highest BCUT2D eigenvalue weighted by Gasteiger charge is 2.37. The second kappa shape index (κ2) is 4.27. The minimum absolute atomic E-state index is 0.432. The van der Waals surface area contributed by atoms with Gasteiger partial charge >= 0.3 is 5.97 Å². The molecule has 15 heavy (non-hydrogen) atoms. The van der Waals surface area contributed by atoms with Crippen LogP contribution in [-0.2, 0) is 4.79 Å². The molecule has 1 heterocycles. The SMILES string of the molecule is CC(C)(C(=O)O)C(N)c1cc(Br)c(Br)o1. The van der Waals surface area contributed by atoms with E-state index in [1.165, 1.54) is 0 Å². The van der Waals surface area contributed by atoms with Gasteiger partial charge in [-0.3, -0.25) is 4.79 Å². The van der Waals surface area contributed by atoms with Crippen molar-refractivity contribution in [3.05, 3.63) is 21.0 Å². The van der Waals surface area contributed by atoms with Crippen molar-refractivity contribution >= 4 is 37.8 Å². The Bertz CT molecular complexity index is 367. The van der Waals surface area contributed by atoms with Gasteiger partial charge < -0.3 is 15.3 Å². The summed E-state index contributed by atoms with van der Waals surface area (Å²) < 4.78 is 6.52. The smallest absolute Gasteiger partial charge is 0.311 e. The molecular weight excluding hydrogens is 330 g/mol. The summed E-state index contributed by atoms with van der Waals surface area (Å²) in [5.41, 5.74) is 4.77. The van der Waals surface area contributed by atoms with E-state index in [0.29, 0.717) is 14.9 Å². The van der Waals surface area contributed by atoms with Crippen molar-refractivity contribution in [2.45, 2.75) is 19.9 Å². The standard InChI is InChI=1S/C9H11Br2NO3/c1-9(2,8(13)14)6(12)5-3-4(10)7(11)15-5/h3,6H,12H2,1-2H3,(H,13,14). The lowest BCUT2D eigenvalue weighted by atomic mass is 9.84. The van der Waals surface area contributed by atoms with E-state index >= 15 is 0 Å². The molecule has 1 atom stereocenters. The molecule has 0 bridgehead atoms. The first-order valence-electron chi connectivity index (χ1n) is 4.20. The molecule has 0 saturated heterocycles. The van der Waals surface area contributed by atoms with Crippen LogP contribution in [0.25, 0.3) is 0 Å². The zero-order valence-electron chi connectivity index (χ0n) is 8.25. The molecule has 1 aromatic rings. The van der Waals surface area contributed by atoms with Crippen LogP contribution >= 0.6 is 31.9 Å². The maximum atomic E-state index is 11.0. The van der Waals surface area contributed by atoms with Crippen LogP contribution in [0.1, 0.15) is 25.6 Å². The van der Waals surface area contributed by atoms with Crippen molar-refractivity contribution < 1.29 is 14.3 Å². The zero-order chi connectivity index (χ0) is 11.8. The van der Waals surface area contributed by atoms with Gasteiger partial charge in [0.2, 0.25) is 0 Å². The van der Waals surface area contributed by atoms with Gasteiger partial charge in [-0.25, -0.2) is 0 Å². The number of furan rings is 1. The average molecular weight is 341 g/mol. The number of rotatable bonds is 3. The topological polar surface area (TPSA) is 76.5 Å². The molecule has 0 aliphatic carbocycles. The van der Waals surface area contributed by atoms with E-state index in [-0.39, 0.29) is 0 Å². The van der Waals surface area contributed by atoms with Crippen LogP contribution in [-0.4, -0.2) is 11.1 Å². The second-order valence-electron chi connectivity index (χ2n) is 3.77. The number of hydrogen-bond donors (Lipinski definition) is 2. The number of nitrogens with two attached hydrogens (primary N) is 1. The Balaban J connectivity index is 3.04. The Morgan fingerprint density at radius 3 is 2.47 bits per heavy atom. The van der Waals surface area contributed by atoms with Crippen LogP contribution in [0, 0.1) is 5.41 Å². The molecule has 0 amide bonds. The van der Waals surface area contributed by atoms with Gasteiger partial charge in [-0.1, -0.05) is 0 Å². The molecule has 1 unspecified atom stereocenters. The van der Waals surface area contributed by atoms with Crippen molar-refractivity contribution in [1.82, 2.24) is 0 Å². The maximum absolute atomic E-state index is 11.0. The quantitative estimate of drug-likeness (QED) is 0.886. The Kier molecular flexibility index (Phi) is 3.63. The van der Waals surface area contributed by atoms with E-state index in [1.807, 2.05) is 0 Å². The molecule has 0 radical (unpaired) electrons. The summed E-state index contributed by atoms with van der Waals surface area (Å²) in [6.45, 7) is 3.12. The largest absolute Gasteiger partial charge is 0.481 e. The molecule has 0 aliphatic rings. The van der Waals surface area contributed by atoms with Crippen molar-refractivity contribution in [1.29, 1.82) is 0 Å². The van der Waals surface area contributed by atoms with E-state index in [9.17, 15) is 4.79 Å². The van der Waals surface area contributed by atoms with E-state index in [1.54, 1.807) is 19.9 Å². The predicted molar refractivity (Wildman–Crippen MR) is 62.5 cm³/mol. The van der Waals surface area contributed by atoms with Crippen molar-refractivity contribution in [2.24, 2.45) is 11.1 Å². The highest BCUT2D eigenvalue weighted by atomic mass is 79.9. The fourth-order valence-corrected chi connectivity index (χ4v) is 1.61. The summed E-state index contributed by atoms with van der Waals surface area (Å²) in [5.74, 6) is -0.528. The lowest BCUT2D eigenvalue weighted by Gasteiger charge is -2.24. The summed E-state index contributed by atoms with van der Waals surface area (Å²) in [7, 11) is 0. The second-order valence-corrected chi connectivity index (χ2v) is 5.35. The molecule has 1 aromatic heterocycles. The molecule has 6 heteroatoms. The van der Waals surface area contributed by atoms with Gasteiger partial charge in [0, 0.05) is 0 Å².